The Kier molecular flexibility index (Phi) is 6.80. The Morgan fingerprint density at radius 3 is 1.73 bits per heavy atom. The van der Waals surface area contributed by atoms with Gasteiger partial charge in [-0.05, 0) is 25.1 Å². The number of hydrogen-bond donors (Lipinski definition) is 0. The van der Waals surface area contributed by atoms with E-state index in [0.717, 1.165) is 23.5 Å². The summed E-state index contributed by atoms with van der Waals surface area (Å²) in [5.74, 6) is 0. The molecule has 0 atom stereocenters. The summed E-state index contributed by atoms with van der Waals surface area (Å²) in [5, 5.41) is 0.949. The van der Waals surface area contributed by atoms with E-state index in [9.17, 15) is 0 Å². The van der Waals surface area contributed by atoms with Gasteiger partial charge in [-0.25, -0.2) is 0 Å². The summed E-state index contributed by atoms with van der Waals surface area (Å²) in [7, 11) is -1.69. The van der Waals surface area contributed by atoms with E-state index >= 15 is 0 Å². The maximum Gasteiger partial charge on any atom is 0.141 e. The minimum absolute atomic E-state index is 0.680. The average Bonchev–Trinajstić information content (AvgIpc) is 2.19. The lowest BCUT2D eigenvalue weighted by Crippen LogP contribution is -2.36. The maximum atomic E-state index is 5.59. The van der Waals surface area contributed by atoms with Crippen LogP contribution in [-0.2, 0) is 4.74 Å². The molecule has 0 aromatic rings. The molecule has 84 valence electrons. The summed E-state index contributed by atoms with van der Waals surface area (Å²) in [5.41, 5.74) is 0. The molecule has 0 fully saturated rings. The van der Waals surface area contributed by atoms with Crippen molar-refractivity contribution in [2.24, 2.45) is 0 Å². The van der Waals surface area contributed by atoms with E-state index in [4.69, 9.17) is 4.74 Å². The molecule has 0 spiro atoms. The molecular weight excluding hydrogens is 200 g/mol. The zero-order valence-electron chi connectivity index (χ0n) is 9.80. The zero-order chi connectivity index (χ0) is 11.7. The van der Waals surface area contributed by atoms with Gasteiger partial charge in [0.15, 0.2) is 0 Å². The second kappa shape index (κ2) is 7.29. The molecule has 1 nitrogen and oxygen atoms in total. The molecule has 0 bridgehead atoms. The predicted molar refractivity (Wildman–Crippen MR) is 71.5 cm³/mol. The minimum Gasteiger partial charge on any atom is -0.504 e. The van der Waals surface area contributed by atoms with E-state index in [1.807, 2.05) is 25.2 Å². The first-order valence-corrected chi connectivity index (χ1v) is 7.93. The van der Waals surface area contributed by atoms with Gasteiger partial charge >= 0.3 is 0 Å². The van der Waals surface area contributed by atoms with E-state index in [-0.39, 0.29) is 0 Å². The first kappa shape index (κ1) is 14.0. The van der Waals surface area contributed by atoms with Gasteiger partial charge in [-0.1, -0.05) is 24.8 Å². The van der Waals surface area contributed by atoms with E-state index in [1.54, 1.807) is 0 Å². The van der Waals surface area contributed by atoms with Crippen molar-refractivity contribution in [3.63, 3.8) is 0 Å². The van der Waals surface area contributed by atoms with Crippen LogP contribution in [0, 0.1) is 0 Å². The van der Waals surface area contributed by atoms with E-state index < -0.39 is 8.07 Å². The topological polar surface area (TPSA) is 9.23 Å². The molecule has 0 aromatic carbocycles. The van der Waals surface area contributed by atoms with Crippen LogP contribution in [-0.4, -0.2) is 14.7 Å². The molecule has 0 aliphatic carbocycles. The van der Waals surface area contributed by atoms with Crippen LogP contribution < -0.4 is 0 Å². The molecule has 0 aliphatic heterocycles. The summed E-state index contributed by atoms with van der Waals surface area (Å²) < 4.78 is 5.59. The molecule has 15 heavy (non-hydrogen) atoms. The van der Waals surface area contributed by atoms with Gasteiger partial charge < -0.3 is 4.74 Å². The highest BCUT2D eigenvalue weighted by atomic mass is 28.3. The Balaban J connectivity index is 4.88. The SMILES string of the molecule is C=CC[Si](CC=C)(CC=C)C(=C)OCC. The van der Waals surface area contributed by atoms with Crippen molar-refractivity contribution < 1.29 is 4.74 Å². The molecule has 0 N–H and O–H groups in total. The third kappa shape index (κ3) is 3.92. The van der Waals surface area contributed by atoms with Gasteiger partial charge in [-0.2, -0.15) is 0 Å². The smallest absolute Gasteiger partial charge is 0.141 e. The van der Waals surface area contributed by atoms with Crippen LogP contribution in [0.2, 0.25) is 18.1 Å². The second-order valence-electron chi connectivity index (χ2n) is 3.61. The van der Waals surface area contributed by atoms with Crippen LogP contribution in [0.3, 0.4) is 0 Å². The first-order chi connectivity index (χ1) is 7.16. The van der Waals surface area contributed by atoms with Gasteiger partial charge in [0.25, 0.3) is 0 Å². The van der Waals surface area contributed by atoms with E-state index in [2.05, 4.69) is 26.3 Å². The van der Waals surface area contributed by atoms with Gasteiger partial charge in [0, 0.05) is 0 Å². The fourth-order valence-electron chi connectivity index (χ4n) is 1.75. The van der Waals surface area contributed by atoms with E-state index in [1.165, 1.54) is 0 Å². The summed E-state index contributed by atoms with van der Waals surface area (Å²) in [4.78, 5) is 0. The van der Waals surface area contributed by atoms with Crippen LogP contribution in [0.4, 0.5) is 0 Å². The minimum atomic E-state index is -1.69. The third-order valence-electron chi connectivity index (χ3n) is 2.52. The Bertz CT molecular complexity index is 216. The molecule has 0 unspecified atom stereocenters. The highest BCUT2D eigenvalue weighted by molar-refractivity contribution is 6.86. The van der Waals surface area contributed by atoms with Crippen LogP contribution in [0.5, 0.6) is 0 Å². The number of ether oxygens (including phenoxy) is 1. The lowest BCUT2D eigenvalue weighted by molar-refractivity contribution is 0.251. The highest BCUT2D eigenvalue weighted by Gasteiger charge is 2.34. The quantitative estimate of drug-likeness (QED) is 0.324. The zero-order valence-corrected chi connectivity index (χ0v) is 10.8. The van der Waals surface area contributed by atoms with Crippen molar-refractivity contribution in [1.29, 1.82) is 0 Å². The molecule has 0 heterocycles. The van der Waals surface area contributed by atoms with Crippen LogP contribution in [0.1, 0.15) is 6.92 Å². The molecule has 0 aromatic heterocycles. The number of hydrogen-bond acceptors (Lipinski definition) is 1. The highest BCUT2D eigenvalue weighted by Crippen LogP contribution is 2.30. The largest absolute Gasteiger partial charge is 0.504 e. The Hall–Kier alpha value is -1.02. The van der Waals surface area contributed by atoms with Crippen molar-refractivity contribution in [2.45, 2.75) is 25.1 Å². The van der Waals surface area contributed by atoms with Crippen molar-refractivity contribution in [3.8, 4) is 0 Å². The van der Waals surface area contributed by atoms with Crippen LogP contribution in [0.25, 0.3) is 0 Å². The Morgan fingerprint density at radius 1 is 1.07 bits per heavy atom. The van der Waals surface area contributed by atoms with E-state index in [0.29, 0.717) is 6.61 Å². The van der Waals surface area contributed by atoms with Gasteiger partial charge in [-0.3, -0.25) is 0 Å². The fourth-order valence-corrected chi connectivity index (χ4v) is 5.04. The summed E-state index contributed by atoms with van der Waals surface area (Å²) in [6.45, 7) is 18.2. The molecule has 0 saturated heterocycles. The van der Waals surface area contributed by atoms with Gasteiger partial charge in [0.2, 0.25) is 0 Å². The number of rotatable bonds is 9. The molecule has 0 radical (unpaired) electrons. The normalized spacial score (nSPS) is 10.5. The van der Waals surface area contributed by atoms with Crippen molar-refractivity contribution >= 4 is 8.07 Å². The summed E-state index contributed by atoms with van der Waals surface area (Å²) in [6, 6.07) is 2.93. The lowest BCUT2D eigenvalue weighted by Gasteiger charge is -2.30. The third-order valence-corrected chi connectivity index (χ3v) is 7.05. The molecule has 0 saturated carbocycles. The van der Waals surface area contributed by atoms with Gasteiger partial charge in [-0.15, -0.1) is 19.7 Å². The van der Waals surface area contributed by atoms with Gasteiger partial charge in [0.1, 0.15) is 8.07 Å². The monoisotopic (exact) mass is 222 g/mol. The number of allylic oxidation sites excluding steroid dienone is 3. The second-order valence-corrected chi connectivity index (χ2v) is 7.96. The Labute approximate surface area is 94.9 Å². The average molecular weight is 222 g/mol. The van der Waals surface area contributed by atoms with Crippen molar-refractivity contribution in [3.05, 3.63) is 49.9 Å². The maximum absolute atomic E-state index is 5.59. The summed E-state index contributed by atoms with van der Waals surface area (Å²) >= 11 is 0. The predicted octanol–water partition coefficient (Wildman–Crippen LogP) is 4.08. The standard InChI is InChI=1S/C13H22OSi/c1-6-10-15(11-7-2,12-8-3)13(5)14-9-4/h6-8H,1-3,5,9-12H2,4H3. The van der Waals surface area contributed by atoms with Gasteiger partial charge in [0.05, 0.1) is 12.0 Å². The van der Waals surface area contributed by atoms with Crippen LogP contribution in [0.15, 0.2) is 49.9 Å². The first-order valence-electron chi connectivity index (χ1n) is 5.31. The molecule has 0 aliphatic rings. The lowest BCUT2D eigenvalue weighted by atomic mass is 10.7. The molecular formula is C13H22OSi. The Morgan fingerprint density at radius 2 is 1.47 bits per heavy atom. The van der Waals surface area contributed by atoms with Crippen LogP contribution >= 0.6 is 0 Å². The molecule has 0 rings (SSSR count). The van der Waals surface area contributed by atoms with Crippen molar-refractivity contribution in [1.82, 2.24) is 0 Å². The molecule has 2 heteroatoms. The van der Waals surface area contributed by atoms with Crippen molar-refractivity contribution in [2.75, 3.05) is 6.61 Å². The molecule has 0 amide bonds. The fraction of sp³-hybridized carbons (Fsp3) is 0.385. The summed E-state index contributed by atoms with van der Waals surface area (Å²) in [6.07, 6.45) is 5.89.